The Bertz CT molecular complexity index is 981. The minimum atomic E-state index is -0.707. The van der Waals surface area contributed by atoms with E-state index in [9.17, 15) is 10.1 Å². The number of amides is 1. The number of carbonyl (C=O) groups excluding carboxylic acids is 1. The van der Waals surface area contributed by atoms with E-state index in [0.29, 0.717) is 24.0 Å². The van der Waals surface area contributed by atoms with Crippen molar-refractivity contribution in [1.82, 2.24) is 20.5 Å². The van der Waals surface area contributed by atoms with Gasteiger partial charge in [0.1, 0.15) is 5.54 Å². The van der Waals surface area contributed by atoms with Crippen LogP contribution in [-0.4, -0.2) is 32.4 Å². The molecular formula is C18H17N5O2S. The zero-order valence-corrected chi connectivity index (χ0v) is 14.8. The van der Waals surface area contributed by atoms with Gasteiger partial charge in [0.25, 0.3) is 11.1 Å². The maximum atomic E-state index is 12.2. The Labute approximate surface area is 154 Å². The van der Waals surface area contributed by atoms with Crippen molar-refractivity contribution in [3.05, 3.63) is 30.5 Å². The SMILES string of the molecule is N#CC1(NC(=O)CSc2nnc(-c3c[nH]c4ccccc34)o2)CCCC1. The van der Waals surface area contributed by atoms with Crippen LogP contribution >= 0.6 is 11.8 Å². The van der Waals surface area contributed by atoms with E-state index in [1.165, 1.54) is 11.8 Å². The summed E-state index contributed by atoms with van der Waals surface area (Å²) in [6.45, 7) is 0. The molecule has 8 heteroatoms. The number of nitriles is 1. The minimum Gasteiger partial charge on any atom is -0.411 e. The number of aromatic nitrogens is 3. The van der Waals surface area contributed by atoms with Gasteiger partial charge in [-0.25, -0.2) is 0 Å². The fourth-order valence-electron chi connectivity index (χ4n) is 3.30. The number of thioether (sulfide) groups is 1. The molecule has 0 bridgehead atoms. The molecule has 0 unspecified atom stereocenters. The van der Waals surface area contributed by atoms with Crippen molar-refractivity contribution in [3.8, 4) is 17.5 Å². The number of carbonyl (C=O) groups is 1. The lowest BCUT2D eigenvalue weighted by Gasteiger charge is -2.21. The number of aromatic amines is 1. The van der Waals surface area contributed by atoms with Crippen molar-refractivity contribution < 1.29 is 9.21 Å². The van der Waals surface area contributed by atoms with Gasteiger partial charge in [-0.1, -0.05) is 30.0 Å². The lowest BCUT2D eigenvalue weighted by atomic mass is 10.0. The largest absolute Gasteiger partial charge is 0.411 e. The zero-order valence-electron chi connectivity index (χ0n) is 14.0. The van der Waals surface area contributed by atoms with Crippen molar-refractivity contribution in [1.29, 1.82) is 5.26 Å². The fourth-order valence-corrected chi connectivity index (χ4v) is 3.86. The predicted molar refractivity (Wildman–Crippen MR) is 97.3 cm³/mol. The van der Waals surface area contributed by atoms with Gasteiger partial charge in [0.05, 0.1) is 17.4 Å². The van der Waals surface area contributed by atoms with Crippen LogP contribution in [0.1, 0.15) is 25.7 Å². The van der Waals surface area contributed by atoms with Crippen LogP contribution in [0.15, 0.2) is 40.1 Å². The highest BCUT2D eigenvalue weighted by Gasteiger charge is 2.35. The van der Waals surface area contributed by atoms with Crippen molar-refractivity contribution in [2.24, 2.45) is 0 Å². The summed E-state index contributed by atoms with van der Waals surface area (Å²) in [7, 11) is 0. The van der Waals surface area contributed by atoms with E-state index in [1.54, 1.807) is 0 Å². The van der Waals surface area contributed by atoms with Crippen LogP contribution in [0.2, 0.25) is 0 Å². The van der Waals surface area contributed by atoms with E-state index >= 15 is 0 Å². The second-order valence-corrected chi connectivity index (χ2v) is 7.29. The van der Waals surface area contributed by atoms with Crippen molar-refractivity contribution >= 4 is 28.6 Å². The van der Waals surface area contributed by atoms with E-state index in [-0.39, 0.29) is 11.7 Å². The lowest BCUT2D eigenvalue weighted by molar-refractivity contribution is -0.119. The summed E-state index contributed by atoms with van der Waals surface area (Å²) >= 11 is 1.17. The number of hydrogen-bond donors (Lipinski definition) is 2. The first kappa shape index (κ1) is 16.7. The average Bonchev–Trinajstić information content (AvgIpc) is 3.39. The van der Waals surface area contributed by atoms with Crippen LogP contribution in [0, 0.1) is 11.3 Å². The summed E-state index contributed by atoms with van der Waals surface area (Å²) in [6.07, 6.45) is 5.20. The highest BCUT2D eigenvalue weighted by molar-refractivity contribution is 7.99. The Hall–Kier alpha value is -2.79. The number of benzene rings is 1. The highest BCUT2D eigenvalue weighted by Crippen LogP contribution is 2.31. The molecular weight excluding hydrogens is 350 g/mol. The molecule has 1 aromatic carbocycles. The zero-order chi connectivity index (χ0) is 18.0. The molecule has 132 valence electrons. The number of nitrogens with zero attached hydrogens (tertiary/aromatic N) is 3. The van der Waals surface area contributed by atoms with Gasteiger partial charge >= 0.3 is 0 Å². The summed E-state index contributed by atoms with van der Waals surface area (Å²) in [5.74, 6) is 0.360. The first-order valence-electron chi connectivity index (χ1n) is 8.44. The number of fused-ring (bicyclic) bond motifs is 1. The number of hydrogen-bond acceptors (Lipinski definition) is 6. The second kappa shape index (κ2) is 6.84. The quantitative estimate of drug-likeness (QED) is 0.670. The normalized spacial score (nSPS) is 15.8. The Kier molecular flexibility index (Phi) is 4.39. The average molecular weight is 367 g/mol. The third-order valence-electron chi connectivity index (χ3n) is 4.60. The molecule has 1 aliphatic rings. The summed E-state index contributed by atoms with van der Waals surface area (Å²) < 4.78 is 5.68. The molecule has 0 atom stereocenters. The van der Waals surface area contributed by atoms with Gasteiger partial charge in [0, 0.05) is 17.1 Å². The van der Waals surface area contributed by atoms with Crippen LogP contribution in [0.5, 0.6) is 0 Å². The molecule has 3 aromatic rings. The van der Waals surface area contributed by atoms with E-state index in [0.717, 1.165) is 29.3 Å². The molecule has 0 saturated heterocycles. The summed E-state index contributed by atoms with van der Waals surface area (Å²) in [5, 5.41) is 21.6. The topological polar surface area (TPSA) is 108 Å². The molecule has 2 N–H and O–H groups in total. The number of rotatable bonds is 5. The third-order valence-corrected chi connectivity index (χ3v) is 5.42. The molecule has 26 heavy (non-hydrogen) atoms. The summed E-state index contributed by atoms with van der Waals surface area (Å²) in [6, 6.07) is 10.1. The Morgan fingerprint density at radius 1 is 1.35 bits per heavy atom. The first-order chi connectivity index (χ1) is 12.7. The van der Waals surface area contributed by atoms with Crippen molar-refractivity contribution in [3.63, 3.8) is 0 Å². The molecule has 1 amide bonds. The van der Waals surface area contributed by atoms with Gasteiger partial charge in [-0.05, 0) is 31.7 Å². The molecule has 1 aliphatic carbocycles. The molecule has 4 rings (SSSR count). The molecule has 0 spiro atoms. The van der Waals surface area contributed by atoms with Gasteiger partial charge in [-0.15, -0.1) is 10.2 Å². The molecule has 1 fully saturated rings. The Morgan fingerprint density at radius 3 is 2.96 bits per heavy atom. The van der Waals surface area contributed by atoms with Crippen molar-refractivity contribution in [2.45, 2.75) is 36.4 Å². The van der Waals surface area contributed by atoms with Gasteiger partial charge in [0.15, 0.2) is 0 Å². The summed E-state index contributed by atoms with van der Waals surface area (Å²) in [4.78, 5) is 15.3. The van der Waals surface area contributed by atoms with E-state index in [4.69, 9.17) is 4.42 Å². The minimum absolute atomic E-state index is 0.138. The van der Waals surface area contributed by atoms with Gasteiger partial charge < -0.3 is 14.7 Å². The van der Waals surface area contributed by atoms with E-state index in [1.807, 2.05) is 30.5 Å². The molecule has 0 radical (unpaired) electrons. The fraction of sp³-hybridized carbons (Fsp3) is 0.333. The molecule has 2 aromatic heterocycles. The van der Waals surface area contributed by atoms with E-state index in [2.05, 4.69) is 26.6 Å². The molecule has 0 aliphatic heterocycles. The van der Waals surface area contributed by atoms with Crippen molar-refractivity contribution in [2.75, 3.05) is 5.75 Å². The van der Waals surface area contributed by atoms with Gasteiger partial charge in [0.2, 0.25) is 5.91 Å². The number of H-pyrrole nitrogens is 1. The lowest BCUT2D eigenvalue weighted by Crippen LogP contribution is -2.45. The van der Waals surface area contributed by atoms with Crippen LogP contribution < -0.4 is 5.32 Å². The monoisotopic (exact) mass is 367 g/mol. The number of nitrogens with one attached hydrogen (secondary N) is 2. The molecule has 2 heterocycles. The van der Waals surface area contributed by atoms with Gasteiger partial charge in [-0.3, -0.25) is 4.79 Å². The maximum Gasteiger partial charge on any atom is 0.277 e. The Morgan fingerprint density at radius 2 is 2.15 bits per heavy atom. The van der Waals surface area contributed by atoms with E-state index < -0.39 is 5.54 Å². The van der Waals surface area contributed by atoms with Crippen LogP contribution in [0.25, 0.3) is 22.4 Å². The Balaban J connectivity index is 1.41. The molecule has 1 saturated carbocycles. The predicted octanol–water partition coefficient (Wildman–Crippen LogP) is 3.26. The van der Waals surface area contributed by atoms with Crippen LogP contribution in [0.4, 0.5) is 0 Å². The summed E-state index contributed by atoms with van der Waals surface area (Å²) in [5.41, 5.74) is 1.12. The van der Waals surface area contributed by atoms with Crippen LogP contribution in [0.3, 0.4) is 0 Å². The highest BCUT2D eigenvalue weighted by atomic mass is 32.2. The second-order valence-electron chi connectivity index (χ2n) is 6.36. The smallest absolute Gasteiger partial charge is 0.277 e. The standard InChI is InChI=1S/C18H17N5O2S/c19-11-18(7-3-4-8-18)21-15(24)10-26-17-23-22-16(25-17)13-9-20-14-6-2-1-5-12(13)14/h1-2,5-6,9,20H,3-4,7-8,10H2,(H,21,24). The third kappa shape index (κ3) is 3.18. The first-order valence-corrected chi connectivity index (χ1v) is 9.43. The maximum absolute atomic E-state index is 12.2. The molecule has 7 nitrogen and oxygen atoms in total. The number of para-hydroxylation sites is 1. The van der Waals surface area contributed by atoms with Gasteiger partial charge in [-0.2, -0.15) is 5.26 Å². The van der Waals surface area contributed by atoms with Crippen LogP contribution in [-0.2, 0) is 4.79 Å².